The van der Waals surface area contributed by atoms with Crippen molar-refractivity contribution >= 4 is 10.8 Å². The molecule has 2 rings (SSSR count). The topological polar surface area (TPSA) is 3.24 Å². The highest BCUT2D eigenvalue weighted by atomic mass is 15.0. The quantitative estimate of drug-likeness (QED) is 0.755. The van der Waals surface area contributed by atoms with Gasteiger partial charge in [0.05, 0.1) is 0 Å². The van der Waals surface area contributed by atoms with Crippen molar-refractivity contribution < 1.29 is 0 Å². The fourth-order valence-corrected chi connectivity index (χ4v) is 2.60. The minimum atomic E-state index is 0.665. The van der Waals surface area contributed by atoms with Crippen molar-refractivity contribution in [2.75, 3.05) is 20.6 Å². The zero-order valence-corrected chi connectivity index (χ0v) is 11.7. The molecule has 0 aliphatic heterocycles. The first-order valence-electron chi connectivity index (χ1n) is 6.84. The van der Waals surface area contributed by atoms with E-state index >= 15 is 0 Å². The van der Waals surface area contributed by atoms with Gasteiger partial charge in [0.15, 0.2) is 0 Å². The van der Waals surface area contributed by atoms with Gasteiger partial charge in [0.2, 0.25) is 0 Å². The molecule has 0 unspecified atom stereocenters. The van der Waals surface area contributed by atoms with Crippen LogP contribution in [0, 0.1) is 0 Å². The summed E-state index contributed by atoms with van der Waals surface area (Å²) in [7, 11) is 4.30. The lowest BCUT2D eigenvalue weighted by molar-refractivity contribution is 0.378. The highest BCUT2D eigenvalue weighted by Gasteiger charge is 2.12. The van der Waals surface area contributed by atoms with E-state index in [-0.39, 0.29) is 0 Å². The Morgan fingerprint density at radius 1 is 1.00 bits per heavy atom. The van der Waals surface area contributed by atoms with Crippen LogP contribution in [0.15, 0.2) is 42.5 Å². The summed E-state index contributed by atoms with van der Waals surface area (Å²) in [6.07, 6.45) is 2.44. The van der Waals surface area contributed by atoms with Crippen LogP contribution in [0.2, 0.25) is 0 Å². The normalized spacial score (nSPS) is 13.1. The maximum absolute atomic E-state index is 2.30. The van der Waals surface area contributed by atoms with Crippen LogP contribution in [0.4, 0.5) is 0 Å². The molecule has 0 aliphatic rings. The molecular formula is C17H23N. The molecule has 18 heavy (non-hydrogen) atoms. The number of fused-ring (bicyclic) bond motifs is 1. The molecule has 0 spiro atoms. The molecule has 0 N–H and O–H groups in total. The van der Waals surface area contributed by atoms with Crippen molar-refractivity contribution in [3.05, 3.63) is 48.0 Å². The molecular weight excluding hydrogens is 218 g/mol. The zero-order chi connectivity index (χ0) is 13.0. The Morgan fingerprint density at radius 3 is 2.44 bits per heavy atom. The number of hydrogen-bond acceptors (Lipinski definition) is 1. The van der Waals surface area contributed by atoms with E-state index in [9.17, 15) is 0 Å². The molecule has 0 saturated heterocycles. The lowest BCUT2D eigenvalue weighted by atomic mass is 9.89. The molecule has 0 heterocycles. The standard InChI is InChI=1S/C17H23N/c1-4-14(12-13-18(2)3)16-11-7-9-15-8-5-6-10-17(15)16/h5-11,14H,4,12-13H2,1-3H3/t14-/m0/s1. The second-order valence-corrected chi connectivity index (χ2v) is 5.27. The minimum absolute atomic E-state index is 0.665. The van der Waals surface area contributed by atoms with Gasteiger partial charge in [-0.05, 0) is 55.7 Å². The maximum Gasteiger partial charge on any atom is -0.00190 e. The Balaban J connectivity index is 2.32. The summed E-state index contributed by atoms with van der Waals surface area (Å²) < 4.78 is 0. The lowest BCUT2D eigenvalue weighted by Crippen LogP contribution is -2.15. The first-order valence-corrected chi connectivity index (χ1v) is 6.84. The molecule has 0 aliphatic carbocycles. The van der Waals surface area contributed by atoms with Gasteiger partial charge in [-0.1, -0.05) is 49.4 Å². The first kappa shape index (κ1) is 13.1. The summed E-state index contributed by atoms with van der Waals surface area (Å²) in [4.78, 5) is 2.27. The van der Waals surface area contributed by atoms with Crippen LogP contribution in [0.25, 0.3) is 10.8 Å². The third-order valence-electron chi connectivity index (χ3n) is 3.68. The SMILES string of the molecule is CC[C@@H](CCN(C)C)c1cccc2ccccc12. The van der Waals surface area contributed by atoms with Crippen molar-refractivity contribution in [2.45, 2.75) is 25.7 Å². The average Bonchev–Trinajstić information content (AvgIpc) is 2.39. The van der Waals surface area contributed by atoms with Gasteiger partial charge in [0.1, 0.15) is 0 Å². The van der Waals surface area contributed by atoms with Crippen LogP contribution in [-0.2, 0) is 0 Å². The van der Waals surface area contributed by atoms with Crippen molar-refractivity contribution in [3.63, 3.8) is 0 Å². The Kier molecular flexibility index (Phi) is 4.38. The maximum atomic E-state index is 2.30. The number of benzene rings is 2. The summed E-state index contributed by atoms with van der Waals surface area (Å²) in [6, 6.07) is 15.4. The smallest absolute Gasteiger partial charge is 0.00190 e. The van der Waals surface area contributed by atoms with E-state index in [4.69, 9.17) is 0 Å². The molecule has 0 aromatic heterocycles. The van der Waals surface area contributed by atoms with E-state index in [1.807, 2.05) is 0 Å². The van der Waals surface area contributed by atoms with E-state index in [0.717, 1.165) is 6.54 Å². The van der Waals surface area contributed by atoms with Gasteiger partial charge in [0.25, 0.3) is 0 Å². The van der Waals surface area contributed by atoms with E-state index in [0.29, 0.717) is 5.92 Å². The molecule has 2 aromatic rings. The van der Waals surface area contributed by atoms with Crippen LogP contribution in [-0.4, -0.2) is 25.5 Å². The largest absolute Gasteiger partial charge is 0.309 e. The summed E-state index contributed by atoms with van der Waals surface area (Å²) in [5.41, 5.74) is 1.51. The predicted octanol–water partition coefficient (Wildman–Crippen LogP) is 4.29. The van der Waals surface area contributed by atoms with Gasteiger partial charge in [-0.15, -0.1) is 0 Å². The van der Waals surface area contributed by atoms with Crippen LogP contribution in [0.5, 0.6) is 0 Å². The fraction of sp³-hybridized carbons (Fsp3) is 0.412. The number of rotatable bonds is 5. The summed E-state index contributed by atoms with van der Waals surface area (Å²) in [5.74, 6) is 0.665. The Bertz CT molecular complexity index is 496. The first-order chi connectivity index (χ1) is 8.72. The molecule has 0 radical (unpaired) electrons. The third-order valence-corrected chi connectivity index (χ3v) is 3.68. The molecule has 2 aromatic carbocycles. The zero-order valence-electron chi connectivity index (χ0n) is 11.7. The molecule has 0 amide bonds. The Labute approximate surface area is 110 Å². The van der Waals surface area contributed by atoms with Crippen molar-refractivity contribution in [1.29, 1.82) is 0 Å². The fourth-order valence-electron chi connectivity index (χ4n) is 2.60. The molecule has 96 valence electrons. The molecule has 1 atom stereocenters. The van der Waals surface area contributed by atoms with Crippen LogP contribution in [0.1, 0.15) is 31.2 Å². The molecule has 0 bridgehead atoms. The molecule has 0 fully saturated rings. The molecule has 0 saturated carbocycles. The van der Waals surface area contributed by atoms with Gasteiger partial charge in [-0.3, -0.25) is 0 Å². The minimum Gasteiger partial charge on any atom is -0.309 e. The predicted molar refractivity (Wildman–Crippen MR) is 80.2 cm³/mol. The second-order valence-electron chi connectivity index (χ2n) is 5.27. The van der Waals surface area contributed by atoms with Gasteiger partial charge >= 0.3 is 0 Å². The molecule has 1 nitrogen and oxygen atoms in total. The molecule has 1 heteroatoms. The van der Waals surface area contributed by atoms with Crippen LogP contribution < -0.4 is 0 Å². The van der Waals surface area contributed by atoms with E-state index in [2.05, 4.69) is 68.4 Å². The Morgan fingerprint density at radius 2 is 1.72 bits per heavy atom. The van der Waals surface area contributed by atoms with E-state index < -0.39 is 0 Å². The van der Waals surface area contributed by atoms with E-state index in [1.165, 1.54) is 29.2 Å². The van der Waals surface area contributed by atoms with Gasteiger partial charge in [-0.2, -0.15) is 0 Å². The van der Waals surface area contributed by atoms with Crippen LogP contribution >= 0.6 is 0 Å². The van der Waals surface area contributed by atoms with Gasteiger partial charge in [0, 0.05) is 0 Å². The van der Waals surface area contributed by atoms with E-state index in [1.54, 1.807) is 0 Å². The number of hydrogen-bond donors (Lipinski definition) is 0. The van der Waals surface area contributed by atoms with Crippen molar-refractivity contribution in [2.24, 2.45) is 0 Å². The van der Waals surface area contributed by atoms with Gasteiger partial charge in [-0.25, -0.2) is 0 Å². The summed E-state index contributed by atoms with van der Waals surface area (Å²) in [6.45, 7) is 3.45. The van der Waals surface area contributed by atoms with Crippen molar-refractivity contribution in [3.8, 4) is 0 Å². The highest BCUT2D eigenvalue weighted by Crippen LogP contribution is 2.30. The van der Waals surface area contributed by atoms with Crippen molar-refractivity contribution in [1.82, 2.24) is 4.90 Å². The Hall–Kier alpha value is -1.34. The summed E-state index contributed by atoms with van der Waals surface area (Å²) >= 11 is 0. The average molecular weight is 241 g/mol. The monoisotopic (exact) mass is 241 g/mol. The third kappa shape index (κ3) is 2.91. The lowest BCUT2D eigenvalue weighted by Gasteiger charge is -2.20. The summed E-state index contributed by atoms with van der Waals surface area (Å²) in [5, 5.41) is 2.78. The van der Waals surface area contributed by atoms with Crippen LogP contribution in [0.3, 0.4) is 0 Å². The highest BCUT2D eigenvalue weighted by molar-refractivity contribution is 5.86. The second kappa shape index (κ2) is 6.01. The van der Waals surface area contributed by atoms with Gasteiger partial charge < -0.3 is 4.90 Å². The number of nitrogens with zero attached hydrogens (tertiary/aromatic N) is 1.